The summed E-state index contributed by atoms with van der Waals surface area (Å²) in [6, 6.07) is 7.67. The molecule has 0 radical (unpaired) electrons. The molecule has 2 atom stereocenters. The van der Waals surface area contributed by atoms with E-state index in [1.807, 2.05) is 31.2 Å². The minimum Gasteiger partial charge on any atom is -0.497 e. The molecule has 0 aliphatic carbocycles. The van der Waals surface area contributed by atoms with E-state index in [2.05, 4.69) is 5.32 Å². The van der Waals surface area contributed by atoms with Crippen LogP contribution >= 0.6 is 0 Å². The predicted molar refractivity (Wildman–Crippen MR) is 57.8 cm³/mol. The highest BCUT2D eigenvalue weighted by atomic mass is 16.5. The molecule has 0 bridgehead atoms. The molecule has 0 aliphatic heterocycles. The molecule has 2 N–H and O–H groups in total. The Morgan fingerprint density at radius 2 is 1.79 bits per heavy atom. The largest absolute Gasteiger partial charge is 0.497 e. The minimum absolute atomic E-state index is 0.0448. The first-order valence-electron chi connectivity index (χ1n) is 4.72. The van der Waals surface area contributed by atoms with Crippen LogP contribution in [0, 0.1) is 0 Å². The summed E-state index contributed by atoms with van der Waals surface area (Å²) in [5.74, 6) is 0.834. The Hall–Kier alpha value is -1.22. The summed E-state index contributed by atoms with van der Waals surface area (Å²) in [6.45, 7) is 3.70. The van der Waals surface area contributed by atoms with Crippen LogP contribution in [0.4, 0.5) is 5.69 Å². The molecule has 0 fully saturated rings. The molecule has 1 unspecified atom stereocenters. The Balaban J connectivity index is 2.59. The van der Waals surface area contributed by atoms with Crippen molar-refractivity contribution in [2.24, 2.45) is 0 Å². The van der Waals surface area contributed by atoms with Gasteiger partial charge in [-0.3, -0.25) is 0 Å². The van der Waals surface area contributed by atoms with Crippen LogP contribution in [0.25, 0.3) is 0 Å². The second-order valence-corrected chi connectivity index (χ2v) is 3.40. The molecule has 78 valence electrons. The zero-order chi connectivity index (χ0) is 10.6. The number of aliphatic hydroxyl groups excluding tert-OH is 1. The van der Waals surface area contributed by atoms with Gasteiger partial charge in [-0.15, -0.1) is 0 Å². The molecule has 1 rings (SSSR count). The maximum Gasteiger partial charge on any atom is 0.119 e. The quantitative estimate of drug-likeness (QED) is 0.770. The minimum atomic E-state index is -0.364. The van der Waals surface area contributed by atoms with Crippen LogP contribution in [0.5, 0.6) is 5.75 Å². The van der Waals surface area contributed by atoms with Gasteiger partial charge in [0, 0.05) is 11.7 Å². The summed E-state index contributed by atoms with van der Waals surface area (Å²) in [5, 5.41) is 12.5. The Kier molecular flexibility index (Phi) is 3.77. The van der Waals surface area contributed by atoms with Crippen molar-refractivity contribution >= 4 is 5.69 Å². The van der Waals surface area contributed by atoms with E-state index in [0.717, 1.165) is 11.4 Å². The lowest BCUT2D eigenvalue weighted by atomic mass is 10.2. The molecule has 0 aromatic heterocycles. The number of aliphatic hydroxyl groups is 1. The maximum atomic E-state index is 9.30. The molecule has 0 spiro atoms. The van der Waals surface area contributed by atoms with Crippen molar-refractivity contribution in [2.45, 2.75) is 26.0 Å². The lowest BCUT2D eigenvalue weighted by molar-refractivity contribution is 0.178. The van der Waals surface area contributed by atoms with E-state index in [4.69, 9.17) is 4.74 Å². The molecule has 0 saturated carbocycles. The average Bonchev–Trinajstić information content (AvgIpc) is 2.19. The average molecular weight is 195 g/mol. The van der Waals surface area contributed by atoms with Crippen molar-refractivity contribution in [3.8, 4) is 5.75 Å². The number of anilines is 1. The molecule has 1 aromatic carbocycles. The topological polar surface area (TPSA) is 41.5 Å². The number of hydrogen-bond acceptors (Lipinski definition) is 3. The van der Waals surface area contributed by atoms with Crippen molar-refractivity contribution in [2.75, 3.05) is 12.4 Å². The van der Waals surface area contributed by atoms with Gasteiger partial charge < -0.3 is 15.2 Å². The van der Waals surface area contributed by atoms with Crippen LogP contribution in [0.1, 0.15) is 13.8 Å². The highest BCUT2D eigenvalue weighted by Gasteiger charge is 2.07. The first-order valence-corrected chi connectivity index (χ1v) is 4.72. The Morgan fingerprint density at radius 3 is 2.21 bits per heavy atom. The van der Waals surface area contributed by atoms with E-state index in [1.54, 1.807) is 14.0 Å². The van der Waals surface area contributed by atoms with Gasteiger partial charge >= 0.3 is 0 Å². The molecule has 14 heavy (non-hydrogen) atoms. The van der Waals surface area contributed by atoms with Gasteiger partial charge in [0.1, 0.15) is 5.75 Å². The zero-order valence-corrected chi connectivity index (χ0v) is 8.82. The molecule has 0 aliphatic rings. The third kappa shape index (κ3) is 2.92. The molecule has 0 heterocycles. The summed E-state index contributed by atoms with van der Waals surface area (Å²) in [7, 11) is 1.64. The fourth-order valence-corrected chi connectivity index (χ4v) is 1.07. The molecular weight excluding hydrogens is 178 g/mol. The summed E-state index contributed by atoms with van der Waals surface area (Å²) in [4.78, 5) is 0. The summed E-state index contributed by atoms with van der Waals surface area (Å²) in [6.07, 6.45) is -0.364. The first kappa shape index (κ1) is 10.9. The van der Waals surface area contributed by atoms with E-state index in [9.17, 15) is 5.11 Å². The number of methoxy groups -OCH3 is 1. The van der Waals surface area contributed by atoms with E-state index in [-0.39, 0.29) is 12.1 Å². The van der Waals surface area contributed by atoms with Crippen molar-refractivity contribution < 1.29 is 9.84 Å². The van der Waals surface area contributed by atoms with Crippen LogP contribution in [0.15, 0.2) is 24.3 Å². The van der Waals surface area contributed by atoms with E-state index in [0.29, 0.717) is 0 Å². The van der Waals surface area contributed by atoms with Gasteiger partial charge in [0.15, 0.2) is 0 Å². The molecule has 1 aromatic rings. The van der Waals surface area contributed by atoms with Gasteiger partial charge in [-0.05, 0) is 38.1 Å². The molecule has 3 nitrogen and oxygen atoms in total. The van der Waals surface area contributed by atoms with E-state index >= 15 is 0 Å². The Bertz CT molecular complexity index is 269. The van der Waals surface area contributed by atoms with Gasteiger partial charge in [0.25, 0.3) is 0 Å². The smallest absolute Gasteiger partial charge is 0.119 e. The monoisotopic (exact) mass is 195 g/mol. The van der Waals surface area contributed by atoms with Crippen molar-refractivity contribution in [3.05, 3.63) is 24.3 Å². The zero-order valence-electron chi connectivity index (χ0n) is 8.82. The highest BCUT2D eigenvalue weighted by Crippen LogP contribution is 2.16. The van der Waals surface area contributed by atoms with Crippen molar-refractivity contribution in [1.29, 1.82) is 0 Å². The normalized spacial score (nSPS) is 14.6. The van der Waals surface area contributed by atoms with Gasteiger partial charge in [0.2, 0.25) is 0 Å². The summed E-state index contributed by atoms with van der Waals surface area (Å²) in [5.41, 5.74) is 0.985. The van der Waals surface area contributed by atoms with Crippen LogP contribution in [0.3, 0.4) is 0 Å². The van der Waals surface area contributed by atoms with Crippen molar-refractivity contribution in [1.82, 2.24) is 0 Å². The Morgan fingerprint density at radius 1 is 1.21 bits per heavy atom. The van der Waals surface area contributed by atoms with Crippen LogP contribution in [-0.2, 0) is 0 Å². The van der Waals surface area contributed by atoms with Gasteiger partial charge in [0.05, 0.1) is 13.2 Å². The van der Waals surface area contributed by atoms with E-state index < -0.39 is 0 Å². The third-order valence-corrected chi connectivity index (χ3v) is 2.21. The van der Waals surface area contributed by atoms with Gasteiger partial charge in [-0.1, -0.05) is 0 Å². The molecule has 3 heteroatoms. The lowest BCUT2D eigenvalue weighted by Gasteiger charge is -2.17. The van der Waals surface area contributed by atoms with Crippen LogP contribution in [0.2, 0.25) is 0 Å². The Labute approximate surface area is 84.7 Å². The first-order chi connectivity index (χ1) is 6.63. The van der Waals surface area contributed by atoms with Gasteiger partial charge in [-0.25, -0.2) is 0 Å². The number of nitrogens with one attached hydrogen (secondary N) is 1. The maximum absolute atomic E-state index is 9.30. The standard InChI is InChI=1S/C11H17NO2/c1-8(9(2)13)12-10-4-6-11(14-3)7-5-10/h4-9,12-13H,1-3H3/t8?,9-/m0/s1. The second kappa shape index (κ2) is 4.86. The highest BCUT2D eigenvalue weighted by molar-refractivity contribution is 5.47. The third-order valence-electron chi connectivity index (χ3n) is 2.21. The lowest BCUT2D eigenvalue weighted by Crippen LogP contribution is -2.27. The molecular formula is C11H17NO2. The van der Waals surface area contributed by atoms with Crippen LogP contribution < -0.4 is 10.1 Å². The molecule has 0 amide bonds. The number of hydrogen-bond donors (Lipinski definition) is 2. The summed E-state index contributed by atoms with van der Waals surface area (Å²) >= 11 is 0. The summed E-state index contributed by atoms with van der Waals surface area (Å²) < 4.78 is 5.04. The SMILES string of the molecule is COc1ccc(NC(C)[C@H](C)O)cc1. The predicted octanol–water partition coefficient (Wildman–Crippen LogP) is 1.88. The van der Waals surface area contributed by atoms with Gasteiger partial charge in [-0.2, -0.15) is 0 Å². The van der Waals surface area contributed by atoms with Crippen molar-refractivity contribution in [3.63, 3.8) is 0 Å². The fraction of sp³-hybridized carbons (Fsp3) is 0.455. The second-order valence-electron chi connectivity index (χ2n) is 3.40. The molecule has 0 saturated heterocycles. The van der Waals surface area contributed by atoms with Crippen LogP contribution in [-0.4, -0.2) is 24.4 Å². The van der Waals surface area contributed by atoms with E-state index in [1.165, 1.54) is 0 Å². The number of benzene rings is 1. The number of rotatable bonds is 4. The fourth-order valence-electron chi connectivity index (χ4n) is 1.07. The number of ether oxygens (including phenoxy) is 1.